The summed E-state index contributed by atoms with van der Waals surface area (Å²) in [7, 11) is 0. The van der Waals surface area contributed by atoms with Crippen LogP contribution in [0.2, 0.25) is 0 Å². The standard InChI is InChI=1S/C13H23N3O/c1-10(2)16-5-3-11(4-6-16)7-13-15-9-12(8-14)17-13/h9-11H,3-8,14H2,1-2H3. The molecule has 0 bridgehead atoms. The summed E-state index contributed by atoms with van der Waals surface area (Å²) in [6.45, 7) is 7.38. The number of nitrogens with zero attached hydrogens (tertiary/aromatic N) is 2. The van der Waals surface area contributed by atoms with Crippen LogP contribution in [-0.4, -0.2) is 29.0 Å². The summed E-state index contributed by atoms with van der Waals surface area (Å²) in [5.74, 6) is 2.36. The van der Waals surface area contributed by atoms with Crippen LogP contribution in [0.25, 0.3) is 0 Å². The average molecular weight is 237 g/mol. The molecule has 1 aliphatic heterocycles. The SMILES string of the molecule is CC(C)N1CCC(Cc2ncc(CN)o2)CC1. The Morgan fingerprint density at radius 1 is 1.47 bits per heavy atom. The van der Waals surface area contributed by atoms with Crippen LogP contribution in [0.15, 0.2) is 10.6 Å². The smallest absolute Gasteiger partial charge is 0.194 e. The van der Waals surface area contributed by atoms with Crippen LogP contribution >= 0.6 is 0 Å². The van der Waals surface area contributed by atoms with Gasteiger partial charge in [0.1, 0.15) is 5.76 Å². The Bertz CT molecular complexity index is 340. The second-order valence-corrected chi connectivity index (χ2v) is 5.20. The van der Waals surface area contributed by atoms with E-state index in [1.165, 1.54) is 25.9 Å². The molecule has 4 heteroatoms. The second-order valence-electron chi connectivity index (χ2n) is 5.20. The number of hydrogen-bond donors (Lipinski definition) is 1. The quantitative estimate of drug-likeness (QED) is 0.867. The molecule has 0 unspecified atom stereocenters. The Balaban J connectivity index is 1.81. The van der Waals surface area contributed by atoms with Gasteiger partial charge in [0.15, 0.2) is 5.89 Å². The van der Waals surface area contributed by atoms with Gasteiger partial charge in [0.2, 0.25) is 0 Å². The van der Waals surface area contributed by atoms with Crippen molar-refractivity contribution in [2.75, 3.05) is 13.1 Å². The third-order valence-electron chi connectivity index (χ3n) is 3.65. The highest BCUT2D eigenvalue weighted by Gasteiger charge is 2.22. The van der Waals surface area contributed by atoms with E-state index in [0.717, 1.165) is 18.1 Å². The van der Waals surface area contributed by atoms with Gasteiger partial charge < -0.3 is 15.1 Å². The fraction of sp³-hybridized carbons (Fsp3) is 0.769. The van der Waals surface area contributed by atoms with Crippen LogP contribution in [0.4, 0.5) is 0 Å². The summed E-state index contributed by atoms with van der Waals surface area (Å²) >= 11 is 0. The summed E-state index contributed by atoms with van der Waals surface area (Å²) in [5, 5.41) is 0. The normalized spacial score (nSPS) is 19.1. The summed E-state index contributed by atoms with van der Waals surface area (Å²) in [6, 6.07) is 0.668. The third kappa shape index (κ3) is 3.30. The van der Waals surface area contributed by atoms with Gasteiger partial charge in [-0.15, -0.1) is 0 Å². The van der Waals surface area contributed by atoms with E-state index in [1.807, 2.05) is 0 Å². The van der Waals surface area contributed by atoms with E-state index < -0.39 is 0 Å². The van der Waals surface area contributed by atoms with Crippen molar-refractivity contribution < 1.29 is 4.42 Å². The van der Waals surface area contributed by atoms with E-state index in [-0.39, 0.29) is 0 Å². The average Bonchev–Trinajstić information content (AvgIpc) is 2.77. The predicted octanol–water partition coefficient (Wildman–Crippen LogP) is 1.80. The van der Waals surface area contributed by atoms with E-state index >= 15 is 0 Å². The van der Waals surface area contributed by atoms with E-state index in [2.05, 4.69) is 23.7 Å². The lowest BCUT2D eigenvalue weighted by Gasteiger charge is -2.34. The minimum absolute atomic E-state index is 0.443. The Morgan fingerprint density at radius 2 is 2.18 bits per heavy atom. The molecule has 1 saturated heterocycles. The summed E-state index contributed by atoms with van der Waals surface area (Å²) in [6.07, 6.45) is 5.21. The predicted molar refractivity (Wildman–Crippen MR) is 67.5 cm³/mol. The molecule has 0 saturated carbocycles. The van der Waals surface area contributed by atoms with Gasteiger partial charge in [0.25, 0.3) is 0 Å². The molecule has 1 aromatic rings. The Labute approximate surface area is 103 Å². The molecule has 4 nitrogen and oxygen atoms in total. The van der Waals surface area contributed by atoms with Gasteiger partial charge in [-0.25, -0.2) is 4.98 Å². The molecule has 0 spiro atoms. The molecule has 1 fully saturated rings. The van der Waals surface area contributed by atoms with Crippen LogP contribution < -0.4 is 5.73 Å². The molecular formula is C13H23N3O. The molecule has 0 aromatic carbocycles. The van der Waals surface area contributed by atoms with Crippen LogP contribution in [0.5, 0.6) is 0 Å². The van der Waals surface area contributed by atoms with Gasteiger partial charge in [0, 0.05) is 12.5 Å². The Morgan fingerprint density at radius 3 is 2.71 bits per heavy atom. The lowest BCUT2D eigenvalue weighted by Crippen LogP contribution is -2.38. The van der Waals surface area contributed by atoms with Crippen LogP contribution in [0.1, 0.15) is 38.3 Å². The van der Waals surface area contributed by atoms with Gasteiger partial charge in [0.05, 0.1) is 12.7 Å². The van der Waals surface area contributed by atoms with E-state index in [0.29, 0.717) is 18.5 Å². The maximum atomic E-state index is 5.56. The molecule has 96 valence electrons. The van der Waals surface area contributed by atoms with Crippen molar-refractivity contribution in [3.8, 4) is 0 Å². The van der Waals surface area contributed by atoms with Crippen molar-refractivity contribution in [2.45, 2.75) is 45.7 Å². The zero-order valence-corrected chi connectivity index (χ0v) is 10.9. The molecule has 1 aliphatic rings. The third-order valence-corrected chi connectivity index (χ3v) is 3.65. The minimum atomic E-state index is 0.443. The molecule has 0 amide bonds. The van der Waals surface area contributed by atoms with Gasteiger partial charge in [-0.2, -0.15) is 0 Å². The first-order valence-electron chi connectivity index (χ1n) is 6.56. The molecule has 0 aliphatic carbocycles. The molecule has 2 heterocycles. The number of oxazole rings is 1. The molecule has 0 radical (unpaired) electrons. The molecule has 2 rings (SSSR count). The van der Waals surface area contributed by atoms with Gasteiger partial charge >= 0.3 is 0 Å². The van der Waals surface area contributed by atoms with Gasteiger partial charge in [-0.3, -0.25) is 0 Å². The number of hydrogen-bond acceptors (Lipinski definition) is 4. The number of nitrogens with two attached hydrogens (primary N) is 1. The number of aromatic nitrogens is 1. The van der Waals surface area contributed by atoms with E-state index in [1.54, 1.807) is 6.20 Å². The summed E-state index contributed by atoms with van der Waals surface area (Å²) < 4.78 is 5.56. The molecular weight excluding hydrogens is 214 g/mol. The molecule has 17 heavy (non-hydrogen) atoms. The highest BCUT2D eigenvalue weighted by Crippen LogP contribution is 2.22. The van der Waals surface area contributed by atoms with Crippen molar-refractivity contribution in [1.29, 1.82) is 0 Å². The Hall–Kier alpha value is -0.870. The highest BCUT2D eigenvalue weighted by atomic mass is 16.4. The second kappa shape index (κ2) is 5.65. The summed E-state index contributed by atoms with van der Waals surface area (Å²) in [5.41, 5.74) is 5.51. The van der Waals surface area contributed by atoms with Crippen molar-refractivity contribution in [3.63, 3.8) is 0 Å². The maximum absolute atomic E-state index is 5.56. The first-order chi connectivity index (χ1) is 8.19. The van der Waals surface area contributed by atoms with Gasteiger partial charge in [-0.1, -0.05) is 0 Å². The van der Waals surface area contributed by atoms with Crippen LogP contribution in [-0.2, 0) is 13.0 Å². The topological polar surface area (TPSA) is 55.3 Å². The highest BCUT2D eigenvalue weighted by molar-refractivity contribution is 4.94. The number of likely N-dealkylation sites (tertiary alicyclic amines) is 1. The molecule has 2 N–H and O–H groups in total. The van der Waals surface area contributed by atoms with Gasteiger partial charge in [-0.05, 0) is 45.7 Å². The fourth-order valence-corrected chi connectivity index (χ4v) is 2.46. The number of rotatable bonds is 4. The van der Waals surface area contributed by atoms with Crippen molar-refractivity contribution in [3.05, 3.63) is 17.8 Å². The summed E-state index contributed by atoms with van der Waals surface area (Å²) in [4.78, 5) is 6.81. The molecule has 0 atom stereocenters. The number of piperidine rings is 1. The zero-order valence-electron chi connectivity index (χ0n) is 10.9. The zero-order chi connectivity index (χ0) is 12.3. The fourth-order valence-electron chi connectivity index (χ4n) is 2.46. The van der Waals surface area contributed by atoms with Crippen LogP contribution in [0, 0.1) is 5.92 Å². The first kappa shape index (κ1) is 12.6. The van der Waals surface area contributed by atoms with Crippen molar-refractivity contribution in [2.24, 2.45) is 11.7 Å². The first-order valence-corrected chi connectivity index (χ1v) is 6.56. The largest absolute Gasteiger partial charge is 0.444 e. The van der Waals surface area contributed by atoms with Crippen molar-refractivity contribution >= 4 is 0 Å². The Kier molecular flexibility index (Phi) is 4.18. The van der Waals surface area contributed by atoms with Crippen molar-refractivity contribution in [1.82, 2.24) is 9.88 Å². The lowest BCUT2D eigenvalue weighted by atomic mass is 9.93. The van der Waals surface area contributed by atoms with E-state index in [9.17, 15) is 0 Å². The maximum Gasteiger partial charge on any atom is 0.194 e. The van der Waals surface area contributed by atoms with E-state index in [4.69, 9.17) is 10.2 Å². The lowest BCUT2D eigenvalue weighted by molar-refractivity contribution is 0.146. The van der Waals surface area contributed by atoms with Crippen LogP contribution in [0.3, 0.4) is 0 Å². The monoisotopic (exact) mass is 237 g/mol. The molecule has 1 aromatic heterocycles. The minimum Gasteiger partial charge on any atom is -0.444 e.